The largest absolute Gasteiger partial charge is 0.393 e. The normalized spacial score (nSPS) is 12.6. The van der Waals surface area contributed by atoms with Crippen molar-refractivity contribution in [3.05, 3.63) is 17.0 Å². The lowest BCUT2D eigenvalue weighted by molar-refractivity contribution is 0.187. The highest BCUT2D eigenvalue weighted by Crippen LogP contribution is 2.22. The fourth-order valence-corrected chi connectivity index (χ4v) is 1.76. The molecule has 0 saturated carbocycles. The van der Waals surface area contributed by atoms with Crippen molar-refractivity contribution in [2.45, 2.75) is 32.8 Å². The molecule has 1 N–H and O–H groups in total. The van der Waals surface area contributed by atoms with Gasteiger partial charge in [0.2, 0.25) is 0 Å². The summed E-state index contributed by atoms with van der Waals surface area (Å²) in [5.74, 6) is 0.850. The number of anilines is 1. The lowest BCUT2D eigenvalue weighted by atomic mass is 10.2. The van der Waals surface area contributed by atoms with E-state index in [-0.39, 0.29) is 6.10 Å². The van der Waals surface area contributed by atoms with Gasteiger partial charge in [-0.2, -0.15) is 0 Å². The summed E-state index contributed by atoms with van der Waals surface area (Å²) in [5, 5.41) is 9.75. The van der Waals surface area contributed by atoms with E-state index < -0.39 is 0 Å². The molecule has 1 aromatic rings. The first-order chi connectivity index (χ1) is 7.56. The van der Waals surface area contributed by atoms with Crippen LogP contribution in [0.2, 0.25) is 5.15 Å². The van der Waals surface area contributed by atoms with E-state index in [0.29, 0.717) is 11.6 Å². The molecule has 1 rings (SSSR count). The Morgan fingerprint density at radius 1 is 1.50 bits per heavy atom. The van der Waals surface area contributed by atoms with Crippen LogP contribution in [0.5, 0.6) is 0 Å². The van der Waals surface area contributed by atoms with Crippen LogP contribution in [-0.2, 0) is 6.42 Å². The SMILES string of the molecule is CCc1c(Cl)ncnc1N(C)CCC(C)O. The fraction of sp³-hybridized carbons (Fsp3) is 0.636. The minimum absolute atomic E-state index is 0.301. The Labute approximate surface area is 101 Å². The number of halogens is 1. The Balaban J connectivity index is 2.82. The van der Waals surface area contributed by atoms with Crippen LogP contribution in [0.25, 0.3) is 0 Å². The number of aliphatic hydroxyl groups is 1. The maximum Gasteiger partial charge on any atom is 0.137 e. The Kier molecular flexibility index (Phi) is 4.96. The smallest absolute Gasteiger partial charge is 0.137 e. The molecule has 1 unspecified atom stereocenters. The van der Waals surface area contributed by atoms with Gasteiger partial charge in [0.25, 0.3) is 0 Å². The van der Waals surface area contributed by atoms with Crippen LogP contribution in [0.1, 0.15) is 25.8 Å². The van der Waals surface area contributed by atoms with E-state index in [0.717, 1.165) is 24.3 Å². The third-order valence-corrected chi connectivity index (χ3v) is 2.79. The second-order valence-electron chi connectivity index (χ2n) is 3.88. The highest BCUT2D eigenvalue weighted by molar-refractivity contribution is 6.30. The molecule has 0 aromatic carbocycles. The van der Waals surface area contributed by atoms with Crippen LogP contribution in [0.3, 0.4) is 0 Å². The number of aromatic nitrogens is 2. The molecule has 4 nitrogen and oxygen atoms in total. The third kappa shape index (κ3) is 3.32. The molecule has 0 saturated heterocycles. The monoisotopic (exact) mass is 243 g/mol. The molecule has 0 aliphatic carbocycles. The van der Waals surface area contributed by atoms with Crippen molar-refractivity contribution in [2.75, 3.05) is 18.5 Å². The van der Waals surface area contributed by atoms with Gasteiger partial charge in [-0.15, -0.1) is 0 Å². The number of nitrogens with zero attached hydrogens (tertiary/aromatic N) is 3. The quantitative estimate of drug-likeness (QED) is 0.803. The van der Waals surface area contributed by atoms with Crippen LogP contribution in [-0.4, -0.2) is 34.8 Å². The van der Waals surface area contributed by atoms with Crippen molar-refractivity contribution >= 4 is 17.4 Å². The van der Waals surface area contributed by atoms with Crippen LogP contribution in [0.4, 0.5) is 5.82 Å². The van der Waals surface area contributed by atoms with Crippen molar-refractivity contribution in [2.24, 2.45) is 0 Å². The maximum atomic E-state index is 9.24. The van der Waals surface area contributed by atoms with Crippen LogP contribution < -0.4 is 4.90 Å². The van der Waals surface area contributed by atoms with Gasteiger partial charge in [-0.3, -0.25) is 0 Å². The van der Waals surface area contributed by atoms with E-state index in [4.69, 9.17) is 11.6 Å². The summed E-state index contributed by atoms with van der Waals surface area (Å²) in [5.41, 5.74) is 0.956. The molecule has 0 bridgehead atoms. The van der Waals surface area contributed by atoms with Gasteiger partial charge >= 0.3 is 0 Å². The summed E-state index contributed by atoms with van der Waals surface area (Å²) in [7, 11) is 1.94. The summed E-state index contributed by atoms with van der Waals surface area (Å²) >= 11 is 6.01. The van der Waals surface area contributed by atoms with E-state index in [2.05, 4.69) is 9.97 Å². The minimum Gasteiger partial charge on any atom is -0.393 e. The summed E-state index contributed by atoms with van der Waals surface area (Å²) in [6, 6.07) is 0. The molecule has 90 valence electrons. The highest BCUT2D eigenvalue weighted by atomic mass is 35.5. The van der Waals surface area contributed by atoms with E-state index in [1.807, 2.05) is 18.9 Å². The van der Waals surface area contributed by atoms with Gasteiger partial charge in [0.05, 0.1) is 6.10 Å². The molecular formula is C11H18ClN3O. The summed E-state index contributed by atoms with van der Waals surface area (Å²) in [4.78, 5) is 10.2. The molecule has 5 heteroatoms. The van der Waals surface area contributed by atoms with Gasteiger partial charge in [-0.1, -0.05) is 18.5 Å². The molecule has 0 aliphatic rings. The number of hydrogen-bond acceptors (Lipinski definition) is 4. The maximum absolute atomic E-state index is 9.24. The number of rotatable bonds is 5. The van der Waals surface area contributed by atoms with Gasteiger partial charge in [0.15, 0.2) is 0 Å². The number of hydrogen-bond donors (Lipinski definition) is 1. The molecule has 0 fully saturated rings. The lowest BCUT2D eigenvalue weighted by Crippen LogP contribution is -2.24. The van der Waals surface area contributed by atoms with Crippen LogP contribution in [0.15, 0.2) is 6.33 Å². The average Bonchev–Trinajstić information content (AvgIpc) is 2.25. The Morgan fingerprint density at radius 3 is 2.75 bits per heavy atom. The van der Waals surface area contributed by atoms with Crippen molar-refractivity contribution in [3.8, 4) is 0 Å². The van der Waals surface area contributed by atoms with Crippen LogP contribution in [0, 0.1) is 0 Å². The fourth-order valence-electron chi connectivity index (χ4n) is 1.50. The minimum atomic E-state index is -0.301. The first-order valence-electron chi connectivity index (χ1n) is 5.44. The van der Waals surface area contributed by atoms with Crippen molar-refractivity contribution in [1.29, 1.82) is 0 Å². The Morgan fingerprint density at radius 2 is 2.19 bits per heavy atom. The molecule has 1 heterocycles. The van der Waals surface area contributed by atoms with E-state index in [1.54, 1.807) is 6.92 Å². The van der Waals surface area contributed by atoms with Gasteiger partial charge in [0.1, 0.15) is 17.3 Å². The zero-order valence-electron chi connectivity index (χ0n) is 9.94. The first-order valence-corrected chi connectivity index (χ1v) is 5.82. The molecule has 1 atom stereocenters. The first kappa shape index (κ1) is 13.2. The van der Waals surface area contributed by atoms with E-state index in [9.17, 15) is 5.11 Å². The van der Waals surface area contributed by atoms with Crippen molar-refractivity contribution in [1.82, 2.24) is 9.97 Å². The lowest BCUT2D eigenvalue weighted by Gasteiger charge is -2.21. The third-order valence-electron chi connectivity index (χ3n) is 2.47. The Hall–Kier alpha value is -0.870. The van der Waals surface area contributed by atoms with Gasteiger partial charge in [0, 0.05) is 19.2 Å². The molecule has 0 spiro atoms. The predicted molar refractivity (Wildman–Crippen MR) is 66.0 cm³/mol. The standard InChI is InChI=1S/C11H18ClN3O/c1-4-9-10(12)13-7-14-11(9)15(3)6-5-8(2)16/h7-8,16H,4-6H2,1-3H3. The van der Waals surface area contributed by atoms with Crippen molar-refractivity contribution < 1.29 is 5.11 Å². The molecule has 0 radical (unpaired) electrons. The van der Waals surface area contributed by atoms with E-state index >= 15 is 0 Å². The predicted octanol–water partition coefficient (Wildman–Crippen LogP) is 1.90. The van der Waals surface area contributed by atoms with Crippen LogP contribution >= 0.6 is 11.6 Å². The average molecular weight is 244 g/mol. The molecule has 1 aromatic heterocycles. The molecule has 0 aliphatic heterocycles. The van der Waals surface area contributed by atoms with Gasteiger partial charge in [-0.25, -0.2) is 9.97 Å². The molecule has 0 amide bonds. The second-order valence-corrected chi connectivity index (χ2v) is 4.24. The summed E-state index contributed by atoms with van der Waals surface area (Å²) in [6.07, 6.45) is 2.68. The highest BCUT2D eigenvalue weighted by Gasteiger charge is 2.12. The topological polar surface area (TPSA) is 49.2 Å². The molecular weight excluding hydrogens is 226 g/mol. The van der Waals surface area contributed by atoms with Gasteiger partial charge < -0.3 is 10.0 Å². The number of aliphatic hydroxyl groups excluding tert-OH is 1. The van der Waals surface area contributed by atoms with E-state index in [1.165, 1.54) is 6.33 Å². The zero-order valence-corrected chi connectivity index (χ0v) is 10.7. The second kappa shape index (κ2) is 6.01. The Bertz CT molecular complexity index is 344. The van der Waals surface area contributed by atoms with Gasteiger partial charge in [-0.05, 0) is 19.8 Å². The summed E-state index contributed by atoms with van der Waals surface area (Å²) in [6.45, 7) is 4.55. The zero-order chi connectivity index (χ0) is 12.1. The summed E-state index contributed by atoms with van der Waals surface area (Å²) < 4.78 is 0. The van der Waals surface area contributed by atoms with Crippen molar-refractivity contribution in [3.63, 3.8) is 0 Å². The molecule has 16 heavy (non-hydrogen) atoms.